The van der Waals surface area contributed by atoms with Crippen LogP contribution in [0.25, 0.3) is 0 Å². The molecule has 2 rings (SSSR count). The summed E-state index contributed by atoms with van der Waals surface area (Å²) in [7, 11) is 0. The van der Waals surface area contributed by atoms with Gasteiger partial charge in [-0.1, -0.05) is 0 Å². The monoisotopic (exact) mass is 230 g/mol. The van der Waals surface area contributed by atoms with Crippen LogP contribution in [-0.4, -0.2) is 25.0 Å². The van der Waals surface area contributed by atoms with Gasteiger partial charge in [0, 0.05) is 25.2 Å². The fourth-order valence-electron chi connectivity index (χ4n) is 1.41. The van der Waals surface area contributed by atoms with Crippen LogP contribution < -0.4 is 10.6 Å². The highest BCUT2D eigenvalue weighted by atomic mass is 19.1. The van der Waals surface area contributed by atoms with E-state index < -0.39 is 28.9 Å². The van der Waals surface area contributed by atoms with Crippen molar-refractivity contribution in [2.45, 2.75) is 6.04 Å². The molecule has 0 atom stereocenters. The Kier molecular flexibility index (Phi) is 2.82. The van der Waals surface area contributed by atoms with Crippen LogP contribution >= 0.6 is 0 Å². The second kappa shape index (κ2) is 4.13. The predicted octanol–water partition coefficient (Wildman–Crippen LogP) is 0.806. The number of carbonyl (C=O) groups is 1. The lowest BCUT2D eigenvalue weighted by molar-refractivity contribution is 0.0915. The number of amides is 1. The van der Waals surface area contributed by atoms with E-state index in [4.69, 9.17) is 0 Å². The van der Waals surface area contributed by atoms with Gasteiger partial charge >= 0.3 is 0 Å². The highest BCUT2D eigenvalue weighted by Gasteiger charge is 2.24. The van der Waals surface area contributed by atoms with E-state index in [1.165, 1.54) is 0 Å². The van der Waals surface area contributed by atoms with E-state index in [1.807, 2.05) is 0 Å². The predicted molar refractivity (Wildman–Crippen MR) is 50.4 cm³/mol. The topological polar surface area (TPSA) is 41.1 Å². The van der Waals surface area contributed by atoms with Crippen LogP contribution in [0.4, 0.5) is 13.2 Å². The molecule has 1 aromatic rings. The zero-order valence-corrected chi connectivity index (χ0v) is 8.19. The van der Waals surface area contributed by atoms with Crippen LogP contribution in [0, 0.1) is 17.5 Å². The van der Waals surface area contributed by atoms with E-state index in [1.54, 1.807) is 0 Å². The van der Waals surface area contributed by atoms with Crippen molar-refractivity contribution in [3.63, 3.8) is 0 Å². The van der Waals surface area contributed by atoms with Gasteiger partial charge in [-0.2, -0.15) is 0 Å². The Morgan fingerprint density at radius 3 is 2.25 bits per heavy atom. The molecular formula is C10H9F3N2O. The molecule has 16 heavy (non-hydrogen) atoms. The molecule has 1 fully saturated rings. The van der Waals surface area contributed by atoms with E-state index in [9.17, 15) is 18.0 Å². The van der Waals surface area contributed by atoms with Crippen LogP contribution in [0.5, 0.6) is 0 Å². The van der Waals surface area contributed by atoms with Gasteiger partial charge in [0.1, 0.15) is 23.0 Å². The Morgan fingerprint density at radius 2 is 1.81 bits per heavy atom. The summed E-state index contributed by atoms with van der Waals surface area (Å²) in [6, 6.07) is 0.838. The first-order valence-electron chi connectivity index (χ1n) is 4.74. The molecule has 86 valence electrons. The third kappa shape index (κ3) is 2.01. The van der Waals surface area contributed by atoms with Gasteiger partial charge in [-0.05, 0) is 0 Å². The van der Waals surface area contributed by atoms with Gasteiger partial charge < -0.3 is 10.6 Å². The highest BCUT2D eigenvalue weighted by molar-refractivity contribution is 5.95. The van der Waals surface area contributed by atoms with E-state index in [-0.39, 0.29) is 6.04 Å². The minimum absolute atomic E-state index is 0.128. The summed E-state index contributed by atoms with van der Waals surface area (Å²) in [5, 5.41) is 5.32. The molecule has 0 bridgehead atoms. The summed E-state index contributed by atoms with van der Waals surface area (Å²) >= 11 is 0. The number of hydrogen-bond acceptors (Lipinski definition) is 2. The Balaban J connectivity index is 2.21. The molecular weight excluding hydrogens is 221 g/mol. The molecule has 1 aromatic carbocycles. The third-order valence-electron chi connectivity index (χ3n) is 2.35. The largest absolute Gasteiger partial charge is 0.347 e. The van der Waals surface area contributed by atoms with Crippen molar-refractivity contribution in [1.82, 2.24) is 10.6 Å². The SMILES string of the molecule is O=C(NC1CNC1)c1c(F)cc(F)cc1F. The lowest BCUT2D eigenvalue weighted by Gasteiger charge is -2.28. The summed E-state index contributed by atoms with van der Waals surface area (Å²) < 4.78 is 38.9. The molecule has 0 radical (unpaired) electrons. The van der Waals surface area contributed by atoms with Crippen molar-refractivity contribution in [2.24, 2.45) is 0 Å². The molecule has 2 N–H and O–H groups in total. The van der Waals surface area contributed by atoms with Gasteiger partial charge in [-0.25, -0.2) is 13.2 Å². The van der Waals surface area contributed by atoms with Crippen LogP contribution in [0.15, 0.2) is 12.1 Å². The Bertz CT molecular complexity index is 409. The second-order valence-corrected chi connectivity index (χ2v) is 3.57. The molecule has 0 unspecified atom stereocenters. The number of carbonyl (C=O) groups excluding carboxylic acids is 1. The van der Waals surface area contributed by atoms with E-state index >= 15 is 0 Å². The molecule has 1 aliphatic rings. The van der Waals surface area contributed by atoms with Gasteiger partial charge in [-0.15, -0.1) is 0 Å². The van der Waals surface area contributed by atoms with Gasteiger partial charge in [0.05, 0.1) is 6.04 Å². The lowest BCUT2D eigenvalue weighted by Crippen LogP contribution is -2.57. The van der Waals surface area contributed by atoms with Crippen molar-refractivity contribution in [3.8, 4) is 0 Å². The lowest BCUT2D eigenvalue weighted by atomic mass is 10.1. The van der Waals surface area contributed by atoms with E-state index in [0.717, 1.165) is 0 Å². The normalized spacial score (nSPS) is 15.7. The van der Waals surface area contributed by atoms with Crippen LogP contribution in [0.3, 0.4) is 0 Å². The molecule has 1 heterocycles. The second-order valence-electron chi connectivity index (χ2n) is 3.57. The van der Waals surface area contributed by atoms with Crippen molar-refractivity contribution in [2.75, 3.05) is 13.1 Å². The molecule has 1 amide bonds. The zero-order valence-electron chi connectivity index (χ0n) is 8.19. The molecule has 1 aliphatic heterocycles. The summed E-state index contributed by atoms with van der Waals surface area (Å²) in [6.07, 6.45) is 0. The molecule has 0 aromatic heterocycles. The van der Waals surface area contributed by atoms with E-state index in [0.29, 0.717) is 25.2 Å². The first-order chi connectivity index (χ1) is 7.58. The van der Waals surface area contributed by atoms with Gasteiger partial charge in [-0.3, -0.25) is 4.79 Å². The number of rotatable bonds is 2. The minimum Gasteiger partial charge on any atom is -0.347 e. The highest BCUT2D eigenvalue weighted by Crippen LogP contribution is 2.14. The van der Waals surface area contributed by atoms with Gasteiger partial charge in [0.15, 0.2) is 0 Å². The van der Waals surface area contributed by atoms with Crippen LogP contribution in [0.2, 0.25) is 0 Å². The maximum absolute atomic E-state index is 13.2. The van der Waals surface area contributed by atoms with Gasteiger partial charge in [0.25, 0.3) is 5.91 Å². The number of halogens is 3. The molecule has 0 aliphatic carbocycles. The van der Waals surface area contributed by atoms with Crippen molar-refractivity contribution in [3.05, 3.63) is 35.1 Å². The standard InChI is InChI=1S/C10H9F3N2O/c11-5-1-7(12)9(8(13)2-5)10(16)15-6-3-14-4-6/h1-2,6,14H,3-4H2,(H,15,16). The summed E-state index contributed by atoms with van der Waals surface area (Å²) in [5.41, 5.74) is -0.742. The van der Waals surface area contributed by atoms with Crippen LogP contribution in [0.1, 0.15) is 10.4 Å². The summed E-state index contributed by atoms with van der Waals surface area (Å²) in [4.78, 5) is 11.5. The zero-order chi connectivity index (χ0) is 11.7. The molecule has 6 heteroatoms. The first-order valence-corrected chi connectivity index (χ1v) is 4.74. The maximum atomic E-state index is 13.2. The van der Waals surface area contributed by atoms with Crippen LogP contribution in [-0.2, 0) is 0 Å². The van der Waals surface area contributed by atoms with E-state index in [2.05, 4.69) is 10.6 Å². The number of benzene rings is 1. The molecule has 3 nitrogen and oxygen atoms in total. The average molecular weight is 230 g/mol. The number of hydrogen-bond donors (Lipinski definition) is 2. The maximum Gasteiger partial charge on any atom is 0.257 e. The molecule has 1 saturated heterocycles. The third-order valence-corrected chi connectivity index (χ3v) is 2.35. The first kappa shape index (κ1) is 10.9. The van der Waals surface area contributed by atoms with Gasteiger partial charge in [0.2, 0.25) is 0 Å². The van der Waals surface area contributed by atoms with Crippen molar-refractivity contribution < 1.29 is 18.0 Å². The van der Waals surface area contributed by atoms with Crippen molar-refractivity contribution >= 4 is 5.91 Å². The Morgan fingerprint density at radius 1 is 1.25 bits per heavy atom. The Labute approximate surface area is 89.6 Å². The number of nitrogens with one attached hydrogen (secondary N) is 2. The smallest absolute Gasteiger partial charge is 0.257 e. The molecule has 0 saturated carbocycles. The molecule has 0 spiro atoms. The quantitative estimate of drug-likeness (QED) is 0.789. The summed E-state index contributed by atoms with van der Waals surface area (Å²) in [6.45, 7) is 1.13. The minimum atomic E-state index is -1.19. The average Bonchev–Trinajstić information content (AvgIpc) is 2.09. The fraction of sp³-hybridized carbons (Fsp3) is 0.300. The fourth-order valence-corrected chi connectivity index (χ4v) is 1.41. The summed E-state index contributed by atoms with van der Waals surface area (Å²) in [5.74, 6) is -4.29. The van der Waals surface area contributed by atoms with Crippen molar-refractivity contribution in [1.29, 1.82) is 0 Å². The Hall–Kier alpha value is -1.56.